The van der Waals surface area contributed by atoms with Crippen molar-refractivity contribution in [2.24, 2.45) is 5.92 Å². The maximum Gasteiger partial charge on any atom is 0.164 e. The van der Waals surface area contributed by atoms with Crippen LogP contribution in [0, 0.1) is 5.92 Å². The lowest BCUT2D eigenvalue weighted by Crippen LogP contribution is -2.03. The van der Waals surface area contributed by atoms with Crippen LogP contribution in [0.25, 0.3) is 0 Å². The molecule has 0 saturated heterocycles. The van der Waals surface area contributed by atoms with Crippen LogP contribution in [0.3, 0.4) is 0 Å². The SMILES string of the molecule is COc1cc(OC)c(C(O)CCC2CC2)cc1OC. The average Bonchev–Trinajstić information content (AvgIpc) is 3.27. The van der Waals surface area contributed by atoms with E-state index in [2.05, 4.69) is 0 Å². The largest absolute Gasteiger partial charge is 0.496 e. The van der Waals surface area contributed by atoms with Gasteiger partial charge in [0.15, 0.2) is 11.5 Å². The molecule has 1 N–H and O–H groups in total. The minimum Gasteiger partial charge on any atom is -0.496 e. The summed E-state index contributed by atoms with van der Waals surface area (Å²) >= 11 is 0. The molecule has 1 unspecified atom stereocenters. The van der Waals surface area contributed by atoms with Gasteiger partial charge >= 0.3 is 0 Å². The van der Waals surface area contributed by atoms with Crippen LogP contribution in [-0.2, 0) is 0 Å². The maximum absolute atomic E-state index is 10.3. The number of hydrogen-bond donors (Lipinski definition) is 1. The van der Waals surface area contributed by atoms with E-state index < -0.39 is 6.10 Å². The first-order valence-electron chi connectivity index (χ1n) is 6.67. The van der Waals surface area contributed by atoms with Crippen LogP contribution >= 0.6 is 0 Å². The molecule has 19 heavy (non-hydrogen) atoms. The van der Waals surface area contributed by atoms with Gasteiger partial charge in [-0.1, -0.05) is 12.8 Å². The second-order valence-corrected chi connectivity index (χ2v) is 4.99. The second-order valence-electron chi connectivity index (χ2n) is 4.99. The Balaban J connectivity index is 2.20. The summed E-state index contributed by atoms with van der Waals surface area (Å²) in [6.07, 6.45) is 3.91. The summed E-state index contributed by atoms with van der Waals surface area (Å²) < 4.78 is 15.8. The molecule has 1 aromatic carbocycles. The van der Waals surface area contributed by atoms with Gasteiger partial charge in [-0.25, -0.2) is 0 Å². The quantitative estimate of drug-likeness (QED) is 0.824. The molecule has 0 heterocycles. The van der Waals surface area contributed by atoms with Gasteiger partial charge in [0.2, 0.25) is 0 Å². The minimum atomic E-state index is -0.518. The van der Waals surface area contributed by atoms with Crippen molar-refractivity contribution in [1.82, 2.24) is 0 Å². The topological polar surface area (TPSA) is 47.9 Å². The first-order chi connectivity index (χ1) is 9.19. The van der Waals surface area contributed by atoms with Gasteiger partial charge in [0.1, 0.15) is 5.75 Å². The highest BCUT2D eigenvalue weighted by atomic mass is 16.5. The number of ether oxygens (including phenoxy) is 3. The van der Waals surface area contributed by atoms with Crippen molar-refractivity contribution in [3.63, 3.8) is 0 Å². The van der Waals surface area contributed by atoms with Gasteiger partial charge in [-0.05, 0) is 24.8 Å². The summed E-state index contributed by atoms with van der Waals surface area (Å²) in [5.41, 5.74) is 0.765. The predicted molar refractivity (Wildman–Crippen MR) is 73.0 cm³/mol. The summed E-state index contributed by atoms with van der Waals surface area (Å²) in [4.78, 5) is 0. The first-order valence-corrected chi connectivity index (χ1v) is 6.67. The van der Waals surface area contributed by atoms with E-state index in [1.165, 1.54) is 12.8 Å². The molecule has 0 radical (unpaired) electrons. The molecule has 0 bridgehead atoms. The van der Waals surface area contributed by atoms with Gasteiger partial charge in [-0.15, -0.1) is 0 Å². The highest BCUT2D eigenvalue weighted by Gasteiger charge is 2.24. The molecule has 1 aromatic rings. The molecule has 4 nitrogen and oxygen atoms in total. The van der Waals surface area contributed by atoms with E-state index >= 15 is 0 Å². The molecule has 0 aromatic heterocycles. The van der Waals surface area contributed by atoms with E-state index in [0.717, 1.165) is 24.3 Å². The van der Waals surface area contributed by atoms with Crippen molar-refractivity contribution in [1.29, 1.82) is 0 Å². The van der Waals surface area contributed by atoms with Crippen LogP contribution in [0.2, 0.25) is 0 Å². The normalized spacial score (nSPS) is 16.0. The molecule has 2 rings (SSSR count). The van der Waals surface area contributed by atoms with Crippen molar-refractivity contribution in [2.45, 2.75) is 31.8 Å². The average molecular weight is 266 g/mol. The predicted octanol–water partition coefficient (Wildman–Crippen LogP) is 2.94. The van der Waals surface area contributed by atoms with Crippen LogP contribution in [0.15, 0.2) is 12.1 Å². The lowest BCUT2D eigenvalue weighted by Gasteiger charge is -2.18. The number of hydrogen-bond acceptors (Lipinski definition) is 4. The van der Waals surface area contributed by atoms with Crippen LogP contribution in [0.1, 0.15) is 37.4 Å². The third-order valence-corrected chi connectivity index (χ3v) is 3.64. The van der Waals surface area contributed by atoms with Crippen molar-refractivity contribution in [3.8, 4) is 17.2 Å². The Morgan fingerprint density at radius 1 is 1.05 bits per heavy atom. The van der Waals surface area contributed by atoms with Crippen LogP contribution in [-0.4, -0.2) is 26.4 Å². The van der Waals surface area contributed by atoms with Crippen LogP contribution in [0.4, 0.5) is 0 Å². The molecule has 106 valence electrons. The van der Waals surface area contributed by atoms with Crippen molar-refractivity contribution in [2.75, 3.05) is 21.3 Å². The lowest BCUT2D eigenvalue weighted by molar-refractivity contribution is 0.157. The van der Waals surface area contributed by atoms with Gasteiger partial charge in [0.05, 0.1) is 27.4 Å². The summed E-state index contributed by atoms with van der Waals surface area (Å²) in [6, 6.07) is 3.56. The highest BCUT2D eigenvalue weighted by Crippen LogP contribution is 2.41. The molecule has 0 amide bonds. The Morgan fingerprint density at radius 3 is 2.16 bits per heavy atom. The molecule has 1 aliphatic carbocycles. The van der Waals surface area contributed by atoms with Crippen LogP contribution < -0.4 is 14.2 Å². The Labute approximate surface area is 114 Å². The molecule has 1 aliphatic rings. The Morgan fingerprint density at radius 2 is 1.63 bits per heavy atom. The highest BCUT2D eigenvalue weighted by molar-refractivity contribution is 5.51. The number of aliphatic hydroxyl groups is 1. The molecular weight excluding hydrogens is 244 g/mol. The third kappa shape index (κ3) is 3.32. The molecule has 0 aliphatic heterocycles. The second kappa shape index (κ2) is 6.15. The Bertz CT molecular complexity index is 426. The van der Waals surface area contributed by atoms with Gasteiger partial charge in [-0.3, -0.25) is 0 Å². The molecule has 1 saturated carbocycles. The monoisotopic (exact) mass is 266 g/mol. The zero-order valence-corrected chi connectivity index (χ0v) is 11.8. The molecule has 1 fully saturated rings. The summed E-state index contributed by atoms with van der Waals surface area (Å²) in [6.45, 7) is 0. The van der Waals surface area contributed by atoms with Crippen molar-refractivity contribution >= 4 is 0 Å². The lowest BCUT2D eigenvalue weighted by atomic mass is 10.0. The van der Waals surface area contributed by atoms with Crippen molar-refractivity contribution < 1.29 is 19.3 Å². The zero-order valence-electron chi connectivity index (χ0n) is 11.8. The standard InChI is InChI=1S/C15H22O4/c1-17-13-9-15(19-3)14(18-2)8-11(13)12(16)7-6-10-4-5-10/h8-10,12,16H,4-7H2,1-3H3. The van der Waals surface area contributed by atoms with E-state index in [1.807, 2.05) is 0 Å². The number of benzene rings is 1. The minimum absolute atomic E-state index is 0.518. The molecular formula is C15H22O4. The molecule has 1 atom stereocenters. The van der Waals surface area contributed by atoms with Crippen molar-refractivity contribution in [3.05, 3.63) is 17.7 Å². The third-order valence-electron chi connectivity index (χ3n) is 3.64. The smallest absolute Gasteiger partial charge is 0.164 e. The van der Waals surface area contributed by atoms with Gasteiger partial charge < -0.3 is 19.3 Å². The Kier molecular flexibility index (Phi) is 4.53. The molecule has 4 heteroatoms. The van der Waals surface area contributed by atoms with E-state index in [-0.39, 0.29) is 0 Å². The first kappa shape index (κ1) is 14.0. The van der Waals surface area contributed by atoms with Gasteiger partial charge in [0, 0.05) is 11.6 Å². The maximum atomic E-state index is 10.3. The van der Waals surface area contributed by atoms with E-state index in [0.29, 0.717) is 17.2 Å². The van der Waals surface area contributed by atoms with Gasteiger partial charge in [-0.2, -0.15) is 0 Å². The summed E-state index contributed by atoms with van der Waals surface area (Å²) in [5.74, 6) is 2.67. The number of aliphatic hydroxyl groups excluding tert-OH is 1. The van der Waals surface area contributed by atoms with E-state index in [9.17, 15) is 5.11 Å². The summed E-state index contributed by atoms with van der Waals surface area (Å²) in [5, 5.41) is 10.3. The fourth-order valence-electron chi connectivity index (χ4n) is 2.27. The zero-order chi connectivity index (χ0) is 13.8. The van der Waals surface area contributed by atoms with E-state index in [1.54, 1.807) is 33.5 Å². The number of rotatable bonds is 7. The fourth-order valence-corrected chi connectivity index (χ4v) is 2.27. The van der Waals surface area contributed by atoms with Gasteiger partial charge in [0.25, 0.3) is 0 Å². The summed E-state index contributed by atoms with van der Waals surface area (Å²) in [7, 11) is 4.77. The van der Waals surface area contributed by atoms with E-state index in [4.69, 9.17) is 14.2 Å². The fraction of sp³-hybridized carbons (Fsp3) is 0.600. The van der Waals surface area contributed by atoms with Crippen LogP contribution in [0.5, 0.6) is 17.2 Å². The number of methoxy groups -OCH3 is 3. The molecule has 0 spiro atoms. The Hall–Kier alpha value is -1.42.